The Kier molecular flexibility index (Phi) is 4.38. The van der Waals surface area contributed by atoms with Crippen molar-refractivity contribution in [3.8, 4) is 0 Å². The lowest BCUT2D eigenvalue weighted by atomic mass is 9.98. The zero-order valence-corrected chi connectivity index (χ0v) is 13.5. The SMILES string of the molecule is [B]c1cc(Nc2ccc(N3CCN(C)CC3)cn2)c(=O)n(C)c1. The molecule has 0 aliphatic carbocycles. The third-order valence-electron chi connectivity index (χ3n) is 4.08. The van der Waals surface area contributed by atoms with E-state index in [9.17, 15) is 4.79 Å². The average Bonchev–Trinajstić information content (AvgIpc) is 2.54. The minimum atomic E-state index is -0.135. The Hall–Kier alpha value is -2.28. The van der Waals surface area contributed by atoms with Gasteiger partial charge in [-0.15, -0.1) is 0 Å². The van der Waals surface area contributed by atoms with E-state index >= 15 is 0 Å². The van der Waals surface area contributed by atoms with Crippen LogP contribution in [0.5, 0.6) is 0 Å². The van der Waals surface area contributed by atoms with Crippen molar-refractivity contribution in [1.82, 2.24) is 14.5 Å². The second-order valence-corrected chi connectivity index (χ2v) is 5.92. The maximum Gasteiger partial charge on any atom is 0.273 e. The van der Waals surface area contributed by atoms with Gasteiger partial charge in [-0.1, -0.05) is 5.46 Å². The highest BCUT2D eigenvalue weighted by Crippen LogP contribution is 2.18. The molecule has 6 nitrogen and oxygen atoms in total. The minimum Gasteiger partial charge on any atom is -0.368 e. The molecule has 0 unspecified atom stereocenters. The van der Waals surface area contributed by atoms with E-state index < -0.39 is 0 Å². The number of piperazine rings is 1. The first-order valence-electron chi connectivity index (χ1n) is 7.65. The molecule has 1 aliphatic heterocycles. The number of nitrogens with zero attached hydrogens (tertiary/aromatic N) is 4. The largest absolute Gasteiger partial charge is 0.368 e. The van der Waals surface area contributed by atoms with Gasteiger partial charge in [0, 0.05) is 33.2 Å². The molecule has 1 aliphatic rings. The number of hydrogen-bond acceptors (Lipinski definition) is 5. The van der Waals surface area contributed by atoms with Crippen molar-refractivity contribution in [2.45, 2.75) is 0 Å². The summed E-state index contributed by atoms with van der Waals surface area (Å²) in [4.78, 5) is 21.1. The predicted octanol–water partition coefficient (Wildman–Crippen LogP) is 0.0695. The van der Waals surface area contributed by atoms with Gasteiger partial charge in [0.1, 0.15) is 19.4 Å². The van der Waals surface area contributed by atoms with Crippen LogP contribution < -0.4 is 21.2 Å². The Labute approximate surface area is 137 Å². The second kappa shape index (κ2) is 6.46. The Morgan fingerprint density at radius 2 is 1.91 bits per heavy atom. The highest BCUT2D eigenvalue weighted by atomic mass is 16.1. The molecular formula is C16H20BN5O. The Balaban J connectivity index is 1.74. The highest BCUT2D eigenvalue weighted by molar-refractivity contribution is 6.32. The Bertz CT molecular complexity index is 735. The van der Waals surface area contributed by atoms with Crippen LogP contribution in [0.3, 0.4) is 0 Å². The van der Waals surface area contributed by atoms with E-state index in [-0.39, 0.29) is 5.56 Å². The van der Waals surface area contributed by atoms with E-state index in [2.05, 4.69) is 27.1 Å². The summed E-state index contributed by atoms with van der Waals surface area (Å²) in [5, 5.41) is 3.04. The number of nitrogens with one attached hydrogen (secondary N) is 1. The fourth-order valence-electron chi connectivity index (χ4n) is 2.68. The summed E-state index contributed by atoms with van der Waals surface area (Å²) in [6, 6.07) is 5.53. The summed E-state index contributed by atoms with van der Waals surface area (Å²) in [5.74, 6) is 0.630. The summed E-state index contributed by atoms with van der Waals surface area (Å²) in [7, 11) is 9.59. The van der Waals surface area contributed by atoms with Crippen LogP contribution in [-0.2, 0) is 7.05 Å². The van der Waals surface area contributed by atoms with Gasteiger partial charge >= 0.3 is 0 Å². The minimum absolute atomic E-state index is 0.135. The van der Waals surface area contributed by atoms with E-state index in [1.54, 1.807) is 19.3 Å². The number of rotatable bonds is 3. The number of aromatic nitrogens is 2. The molecule has 23 heavy (non-hydrogen) atoms. The Morgan fingerprint density at radius 3 is 2.57 bits per heavy atom. The maximum atomic E-state index is 12.1. The average molecular weight is 309 g/mol. The molecule has 0 saturated carbocycles. The molecule has 118 valence electrons. The van der Waals surface area contributed by atoms with Crippen LogP contribution in [0.2, 0.25) is 0 Å². The van der Waals surface area contributed by atoms with E-state index in [4.69, 9.17) is 7.85 Å². The molecule has 0 amide bonds. The first-order valence-corrected chi connectivity index (χ1v) is 7.65. The zero-order valence-electron chi connectivity index (χ0n) is 13.5. The van der Waals surface area contributed by atoms with Crippen molar-refractivity contribution in [3.63, 3.8) is 0 Å². The number of hydrogen-bond donors (Lipinski definition) is 1. The summed E-state index contributed by atoms with van der Waals surface area (Å²) >= 11 is 0. The van der Waals surface area contributed by atoms with Crippen LogP contribution in [0.25, 0.3) is 0 Å². The van der Waals surface area contributed by atoms with Gasteiger partial charge in [0.05, 0.1) is 11.9 Å². The maximum absolute atomic E-state index is 12.1. The number of anilines is 3. The fourth-order valence-corrected chi connectivity index (χ4v) is 2.68. The van der Waals surface area contributed by atoms with E-state index in [0.717, 1.165) is 31.9 Å². The Morgan fingerprint density at radius 1 is 1.17 bits per heavy atom. The standard InChI is InChI=1S/C16H20BN5O/c1-20-5-7-22(8-6-20)13-3-4-15(18-10-13)19-14-9-12(17)11-21(2)16(14)23/h3-4,9-11H,5-8H2,1-2H3,(H,18,19). The van der Waals surface area contributed by atoms with Crippen molar-refractivity contribution in [2.24, 2.45) is 7.05 Å². The van der Waals surface area contributed by atoms with Crippen molar-refractivity contribution in [3.05, 3.63) is 40.9 Å². The molecule has 2 aromatic rings. The molecule has 2 radical (unpaired) electrons. The quantitative estimate of drug-likeness (QED) is 0.813. The number of pyridine rings is 2. The first kappa shape index (κ1) is 15.6. The van der Waals surface area contributed by atoms with Gasteiger partial charge in [-0.3, -0.25) is 4.79 Å². The summed E-state index contributed by atoms with van der Waals surface area (Å²) in [5.41, 5.74) is 1.92. The van der Waals surface area contributed by atoms with E-state index in [1.807, 2.05) is 18.3 Å². The van der Waals surface area contributed by atoms with Crippen molar-refractivity contribution >= 4 is 30.5 Å². The lowest BCUT2D eigenvalue weighted by molar-refractivity contribution is 0.313. The van der Waals surface area contributed by atoms with Gasteiger partial charge in [-0.25, -0.2) is 4.98 Å². The van der Waals surface area contributed by atoms with Gasteiger partial charge in [-0.2, -0.15) is 0 Å². The molecule has 1 saturated heterocycles. The lowest BCUT2D eigenvalue weighted by Crippen LogP contribution is -2.44. The van der Waals surface area contributed by atoms with Crippen LogP contribution >= 0.6 is 0 Å². The van der Waals surface area contributed by atoms with Gasteiger partial charge in [-0.05, 0) is 31.4 Å². The molecule has 1 fully saturated rings. The lowest BCUT2D eigenvalue weighted by Gasteiger charge is -2.33. The topological polar surface area (TPSA) is 53.4 Å². The van der Waals surface area contributed by atoms with Gasteiger partial charge < -0.3 is 19.7 Å². The predicted molar refractivity (Wildman–Crippen MR) is 94.3 cm³/mol. The number of likely N-dealkylation sites (N-methyl/N-ethyl adjacent to an activating group) is 1. The summed E-state index contributed by atoms with van der Waals surface area (Å²) < 4.78 is 1.45. The molecule has 1 N–H and O–H groups in total. The van der Waals surface area contributed by atoms with Gasteiger partial charge in [0.2, 0.25) is 0 Å². The molecule has 0 atom stereocenters. The molecule has 3 heterocycles. The molecule has 0 spiro atoms. The van der Waals surface area contributed by atoms with Crippen LogP contribution in [0.4, 0.5) is 17.2 Å². The molecule has 7 heteroatoms. The van der Waals surface area contributed by atoms with Crippen LogP contribution in [0, 0.1) is 0 Å². The van der Waals surface area contributed by atoms with Crippen molar-refractivity contribution in [1.29, 1.82) is 0 Å². The summed E-state index contributed by atoms with van der Waals surface area (Å²) in [6.07, 6.45) is 3.43. The second-order valence-electron chi connectivity index (χ2n) is 5.92. The molecule has 3 rings (SSSR count). The third kappa shape index (κ3) is 3.56. The van der Waals surface area contributed by atoms with E-state index in [1.165, 1.54) is 4.57 Å². The molecular weight excluding hydrogens is 289 g/mol. The smallest absolute Gasteiger partial charge is 0.273 e. The molecule has 0 bridgehead atoms. The fraction of sp³-hybridized carbons (Fsp3) is 0.375. The van der Waals surface area contributed by atoms with Gasteiger partial charge in [0.25, 0.3) is 5.56 Å². The van der Waals surface area contributed by atoms with Crippen LogP contribution in [-0.4, -0.2) is 55.5 Å². The van der Waals surface area contributed by atoms with Crippen molar-refractivity contribution < 1.29 is 0 Å². The summed E-state index contributed by atoms with van der Waals surface area (Å²) in [6.45, 7) is 4.11. The van der Waals surface area contributed by atoms with Crippen LogP contribution in [0.1, 0.15) is 0 Å². The van der Waals surface area contributed by atoms with E-state index in [0.29, 0.717) is 17.0 Å². The highest BCUT2D eigenvalue weighted by Gasteiger charge is 2.14. The van der Waals surface area contributed by atoms with Crippen LogP contribution in [0.15, 0.2) is 35.4 Å². The van der Waals surface area contributed by atoms with Crippen molar-refractivity contribution in [2.75, 3.05) is 43.4 Å². The molecule has 2 aromatic heterocycles. The monoisotopic (exact) mass is 309 g/mol. The number of aryl methyl sites for hydroxylation is 1. The van der Waals surface area contributed by atoms with Gasteiger partial charge in [0.15, 0.2) is 0 Å². The normalized spacial score (nSPS) is 15.7. The third-order valence-corrected chi connectivity index (χ3v) is 4.08. The molecule has 0 aromatic carbocycles. The first-order chi connectivity index (χ1) is 11.0. The zero-order chi connectivity index (χ0) is 16.4.